The average Bonchev–Trinajstić information content (AvgIpc) is 2.57. The Kier molecular flexibility index (Phi) is 4.12. The number of hydrogen-bond donors (Lipinski definition) is 1. The minimum absolute atomic E-state index is 0.337. The highest BCUT2D eigenvalue weighted by molar-refractivity contribution is 9.10. The van der Waals surface area contributed by atoms with Crippen LogP contribution in [0.3, 0.4) is 0 Å². The number of nitrogens with zero attached hydrogens (tertiary/aromatic N) is 2. The maximum Gasteiger partial charge on any atom is 0.280 e. The maximum atomic E-state index is 12.3. The van der Waals surface area contributed by atoms with Gasteiger partial charge in [-0.1, -0.05) is 12.1 Å². The molecule has 3 aromatic rings. The summed E-state index contributed by atoms with van der Waals surface area (Å²) >= 11 is 3.32. The van der Waals surface area contributed by atoms with Gasteiger partial charge in [0.25, 0.3) is 11.5 Å². The van der Waals surface area contributed by atoms with Gasteiger partial charge in [-0.05, 0) is 46.3 Å². The summed E-state index contributed by atoms with van der Waals surface area (Å²) in [5.41, 5.74) is 3.15. The van der Waals surface area contributed by atoms with Gasteiger partial charge in [-0.2, -0.15) is 0 Å². The first-order valence-corrected chi connectivity index (χ1v) is 7.51. The molecule has 0 fully saturated rings. The van der Waals surface area contributed by atoms with Gasteiger partial charge in [0.1, 0.15) is 12.1 Å². The zero-order chi connectivity index (χ0) is 16.4. The van der Waals surface area contributed by atoms with Crippen LogP contribution in [0.25, 0.3) is 10.9 Å². The molecular formula is C16H12BrN3O3. The van der Waals surface area contributed by atoms with Gasteiger partial charge in [-0.15, -0.1) is 0 Å². The van der Waals surface area contributed by atoms with E-state index in [1.807, 2.05) is 0 Å². The zero-order valence-electron chi connectivity index (χ0n) is 12.1. The molecule has 116 valence electrons. The third kappa shape index (κ3) is 2.95. The number of aromatic nitrogens is 2. The first-order chi connectivity index (χ1) is 11.1. The van der Waals surface area contributed by atoms with Crippen molar-refractivity contribution in [1.29, 1.82) is 0 Å². The van der Waals surface area contributed by atoms with Gasteiger partial charge in [0.15, 0.2) is 0 Å². The Labute approximate surface area is 139 Å². The molecule has 0 spiro atoms. The van der Waals surface area contributed by atoms with E-state index >= 15 is 0 Å². The summed E-state index contributed by atoms with van der Waals surface area (Å²) in [6.45, 7) is 0. The Morgan fingerprint density at radius 1 is 1.26 bits per heavy atom. The molecule has 0 unspecified atom stereocenters. The summed E-state index contributed by atoms with van der Waals surface area (Å²) in [5, 5.41) is 0.436. The van der Waals surface area contributed by atoms with E-state index in [-0.39, 0.29) is 5.56 Å². The van der Waals surface area contributed by atoms with Crippen molar-refractivity contribution in [2.45, 2.75) is 0 Å². The number of nitrogens with one attached hydrogen (secondary N) is 1. The van der Waals surface area contributed by atoms with Gasteiger partial charge >= 0.3 is 0 Å². The summed E-state index contributed by atoms with van der Waals surface area (Å²) in [4.78, 5) is 28.8. The van der Waals surface area contributed by atoms with Gasteiger partial charge in [-0.25, -0.2) is 9.66 Å². The van der Waals surface area contributed by atoms with E-state index in [1.165, 1.54) is 6.33 Å². The fourth-order valence-electron chi connectivity index (χ4n) is 2.13. The maximum absolute atomic E-state index is 12.3. The van der Waals surface area contributed by atoms with Crippen LogP contribution in [0.15, 0.2) is 58.1 Å². The Bertz CT molecular complexity index is 953. The monoisotopic (exact) mass is 373 g/mol. The van der Waals surface area contributed by atoms with Crippen LogP contribution in [0.1, 0.15) is 10.4 Å². The Balaban J connectivity index is 1.93. The predicted octanol–water partition coefficient (Wildman–Crippen LogP) is 2.55. The number of ether oxygens (including phenoxy) is 1. The Morgan fingerprint density at radius 3 is 2.78 bits per heavy atom. The highest BCUT2D eigenvalue weighted by Crippen LogP contribution is 2.25. The number of para-hydroxylation sites is 1. The van der Waals surface area contributed by atoms with Crippen molar-refractivity contribution in [2.75, 3.05) is 12.5 Å². The standard InChI is InChI=1S/C16H12BrN3O3/c1-23-14-7-6-10(8-12(14)17)15(21)19-20-9-18-13-5-3-2-4-11(13)16(20)22/h2-9H,1H3,(H,19,21). The molecule has 2 aromatic carbocycles. The minimum atomic E-state index is -0.424. The molecule has 23 heavy (non-hydrogen) atoms. The number of methoxy groups -OCH3 is 1. The van der Waals surface area contributed by atoms with E-state index < -0.39 is 5.91 Å². The lowest BCUT2D eigenvalue weighted by Gasteiger charge is -2.10. The third-order valence-electron chi connectivity index (χ3n) is 3.30. The molecule has 7 heteroatoms. The van der Waals surface area contributed by atoms with E-state index in [4.69, 9.17) is 4.74 Å². The van der Waals surface area contributed by atoms with Crippen molar-refractivity contribution in [1.82, 2.24) is 9.66 Å². The van der Waals surface area contributed by atoms with Gasteiger partial charge in [-0.3, -0.25) is 15.0 Å². The first kappa shape index (κ1) is 15.2. The third-order valence-corrected chi connectivity index (χ3v) is 3.92. The zero-order valence-corrected chi connectivity index (χ0v) is 13.7. The number of halogens is 1. The largest absolute Gasteiger partial charge is 0.496 e. The SMILES string of the molecule is COc1ccc(C(=O)Nn2cnc3ccccc3c2=O)cc1Br. The van der Waals surface area contributed by atoms with Crippen molar-refractivity contribution >= 4 is 32.7 Å². The highest BCUT2D eigenvalue weighted by atomic mass is 79.9. The Hall–Kier alpha value is -2.67. The second-order valence-electron chi connectivity index (χ2n) is 4.73. The molecule has 1 aromatic heterocycles. The number of benzene rings is 2. The molecule has 1 N–H and O–H groups in total. The molecule has 0 saturated carbocycles. The van der Waals surface area contributed by atoms with Crippen molar-refractivity contribution in [3.05, 3.63) is 69.2 Å². The number of rotatable bonds is 3. The molecule has 0 aliphatic rings. The minimum Gasteiger partial charge on any atom is -0.496 e. The van der Waals surface area contributed by atoms with Crippen LogP contribution in [0, 0.1) is 0 Å². The molecule has 0 atom stereocenters. The van der Waals surface area contributed by atoms with Crippen LogP contribution in [0.5, 0.6) is 5.75 Å². The van der Waals surface area contributed by atoms with Crippen LogP contribution >= 0.6 is 15.9 Å². The van der Waals surface area contributed by atoms with Crippen LogP contribution < -0.4 is 15.7 Å². The van der Waals surface area contributed by atoms with Crippen molar-refractivity contribution in [2.24, 2.45) is 0 Å². The number of carbonyl (C=O) groups excluding carboxylic acids is 1. The molecule has 0 radical (unpaired) electrons. The molecule has 6 nitrogen and oxygen atoms in total. The van der Waals surface area contributed by atoms with E-state index in [9.17, 15) is 9.59 Å². The molecule has 0 aliphatic carbocycles. The molecule has 1 heterocycles. The van der Waals surface area contributed by atoms with E-state index in [2.05, 4.69) is 26.3 Å². The van der Waals surface area contributed by atoms with Crippen molar-refractivity contribution < 1.29 is 9.53 Å². The van der Waals surface area contributed by atoms with E-state index in [0.717, 1.165) is 4.68 Å². The summed E-state index contributed by atoms with van der Waals surface area (Å²) in [7, 11) is 1.54. The summed E-state index contributed by atoms with van der Waals surface area (Å²) < 4.78 is 6.84. The van der Waals surface area contributed by atoms with Gasteiger partial charge in [0.05, 0.1) is 22.5 Å². The quantitative estimate of drug-likeness (QED) is 0.765. The lowest BCUT2D eigenvalue weighted by atomic mass is 10.2. The Morgan fingerprint density at radius 2 is 2.04 bits per heavy atom. The smallest absolute Gasteiger partial charge is 0.280 e. The summed E-state index contributed by atoms with van der Waals surface area (Å²) in [6.07, 6.45) is 1.29. The van der Waals surface area contributed by atoms with Gasteiger partial charge in [0.2, 0.25) is 0 Å². The van der Waals surface area contributed by atoms with Gasteiger partial charge in [0, 0.05) is 5.56 Å². The van der Waals surface area contributed by atoms with Crippen molar-refractivity contribution in [3.63, 3.8) is 0 Å². The number of carbonyl (C=O) groups is 1. The molecule has 0 saturated heterocycles. The predicted molar refractivity (Wildman–Crippen MR) is 90.4 cm³/mol. The first-order valence-electron chi connectivity index (χ1n) is 6.71. The lowest BCUT2D eigenvalue weighted by molar-refractivity contribution is 0.101. The van der Waals surface area contributed by atoms with Crippen LogP contribution in [0.2, 0.25) is 0 Å². The summed E-state index contributed by atoms with van der Waals surface area (Å²) in [5.74, 6) is 0.193. The van der Waals surface area contributed by atoms with E-state index in [1.54, 1.807) is 49.6 Å². The normalized spacial score (nSPS) is 10.5. The second-order valence-corrected chi connectivity index (χ2v) is 5.58. The second kappa shape index (κ2) is 6.21. The number of hydrogen-bond acceptors (Lipinski definition) is 4. The number of amides is 1. The summed E-state index contributed by atoms with van der Waals surface area (Å²) in [6, 6.07) is 11.8. The van der Waals surface area contributed by atoms with Gasteiger partial charge < -0.3 is 4.74 Å². The highest BCUT2D eigenvalue weighted by Gasteiger charge is 2.11. The molecule has 0 bridgehead atoms. The molecular weight excluding hydrogens is 362 g/mol. The lowest BCUT2D eigenvalue weighted by Crippen LogP contribution is -2.33. The fourth-order valence-corrected chi connectivity index (χ4v) is 2.67. The van der Waals surface area contributed by atoms with Crippen LogP contribution in [0.4, 0.5) is 0 Å². The van der Waals surface area contributed by atoms with Crippen LogP contribution in [-0.2, 0) is 0 Å². The fraction of sp³-hybridized carbons (Fsp3) is 0.0625. The molecule has 1 amide bonds. The molecule has 3 rings (SSSR count). The van der Waals surface area contributed by atoms with Crippen molar-refractivity contribution in [3.8, 4) is 5.75 Å². The molecule has 0 aliphatic heterocycles. The van der Waals surface area contributed by atoms with E-state index in [0.29, 0.717) is 26.7 Å². The topological polar surface area (TPSA) is 73.2 Å². The number of fused-ring (bicyclic) bond motifs is 1. The average molecular weight is 374 g/mol. The van der Waals surface area contributed by atoms with Crippen LogP contribution in [-0.4, -0.2) is 22.7 Å².